The molecule has 0 aliphatic rings. The van der Waals surface area contributed by atoms with Crippen LogP contribution in [-0.4, -0.2) is 32.7 Å². The van der Waals surface area contributed by atoms with Gasteiger partial charge >= 0.3 is 5.97 Å². The molecule has 3 aromatic rings. The zero-order valence-electron chi connectivity index (χ0n) is 17.2. The largest absolute Gasteiger partial charge is 0.490 e. The van der Waals surface area contributed by atoms with Crippen LogP contribution in [0.3, 0.4) is 0 Å². The van der Waals surface area contributed by atoms with Crippen LogP contribution in [-0.2, 0) is 21.2 Å². The van der Waals surface area contributed by atoms with Crippen LogP contribution in [0, 0.1) is 12.7 Å². The second-order valence-electron chi connectivity index (χ2n) is 6.91. The Morgan fingerprint density at radius 1 is 1.00 bits per heavy atom. The number of sulfonamides is 1. The molecule has 3 rings (SSSR count). The number of benzene rings is 3. The lowest BCUT2D eigenvalue weighted by molar-refractivity contribution is -0.136. The first kappa shape index (κ1) is 23.1. The van der Waals surface area contributed by atoms with Crippen LogP contribution in [0.5, 0.6) is 11.5 Å². The van der Waals surface area contributed by atoms with E-state index in [0.29, 0.717) is 28.3 Å². The number of aliphatic carboxylic acids is 1. The highest BCUT2D eigenvalue weighted by molar-refractivity contribution is 7.92. The quantitative estimate of drug-likeness (QED) is 0.444. The number of carboxylic acid groups (broad SMARTS) is 1. The summed E-state index contributed by atoms with van der Waals surface area (Å²) in [6, 6.07) is 16.7. The number of hydrogen-bond donors (Lipinski definition) is 2. The van der Waals surface area contributed by atoms with Crippen molar-refractivity contribution in [2.75, 3.05) is 17.9 Å². The summed E-state index contributed by atoms with van der Waals surface area (Å²) in [6.45, 7) is 1.99. The molecule has 0 atom stereocenters. The maximum atomic E-state index is 13.5. The molecule has 32 heavy (non-hydrogen) atoms. The number of nitrogens with one attached hydrogen (secondary N) is 1. The summed E-state index contributed by atoms with van der Waals surface area (Å²) in [5.41, 5.74) is 1.31. The molecular weight excluding hydrogens is 437 g/mol. The highest BCUT2D eigenvalue weighted by Crippen LogP contribution is 2.23. The van der Waals surface area contributed by atoms with E-state index in [4.69, 9.17) is 14.6 Å². The monoisotopic (exact) mass is 459 g/mol. The van der Waals surface area contributed by atoms with Gasteiger partial charge in [0.05, 0.1) is 11.3 Å². The van der Waals surface area contributed by atoms with Crippen molar-refractivity contribution in [2.45, 2.75) is 18.2 Å². The summed E-state index contributed by atoms with van der Waals surface area (Å²) < 4.78 is 52.1. The Kier molecular flexibility index (Phi) is 7.32. The molecule has 7 nitrogen and oxygen atoms in total. The van der Waals surface area contributed by atoms with Gasteiger partial charge in [-0.1, -0.05) is 24.3 Å². The van der Waals surface area contributed by atoms with Gasteiger partial charge in [-0.05, 0) is 55.0 Å². The van der Waals surface area contributed by atoms with Gasteiger partial charge in [0.2, 0.25) is 0 Å². The third-order valence-electron chi connectivity index (χ3n) is 4.47. The Morgan fingerprint density at radius 3 is 2.41 bits per heavy atom. The molecule has 0 aliphatic carbocycles. The lowest BCUT2D eigenvalue weighted by atomic mass is 10.1. The van der Waals surface area contributed by atoms with E-state index in [1.54, 1.807) is 43.3 Å². The number of rotatable bonds is 10. The third kappa shape index (κ3) is 6.21. The summed E-state index contributed by atoms with van der Waals surface area (Å²) in [4.78, 5) is 10.8. The number of hydrogen-bond acceptors (Lipinski definition) is 5. The Labute approximate surface area is 185 Å². The maximum absolute atomic E-state index is 13.5. The predicted octanol–water partition coefficient (Wildman–Crippen LogP) is 4.02. The van der Waals surface area contributed by atoms with E-state index in [9.17, 15) is 17.6 Å². The van der Waals surface area contributed by atoms with E-state index in [-0.39, 0.29) is 24.5 Å². The van der Waals surface area contributed by atoms with E-state index in [1.807, 2.05) is 0 Å². The standard InChI is InChI=1S/C23H22FNO6S/c1-16-6-7-18(24)15-22(16)32(28,29)25-19-8-10-20(11-9-19)30-12-13-31-21-5-3-2-4-17(21)14-23(26)27/h2-11,15,25H,12-14H2,1H3,(H,26,27). The number of ether oxygens (including phenoxy) is 2. The molecule has 0 unspecified atom stereocenters. The van der Waals surface area contributed by atoms with Crippen LogP contribution in [0.15, 0.2) is 71.6 Å². The Balaban J connectivity index is 1.54. The molecule has 168 valence electrons. The normalized spacial score (nSPS) is 11.1. The molecule has 0 fully saturated rings. The van der Waals surface area contributed by atoms with Crippen LogP contribution in [0.4, 0.5) is 10.1 Å². The topological polar surface area (TPSA) is 102 Å². The lowest BCUT2D eigenvalue weighted by Gasteiger charge is -2.12. The van der Waals surface area contributed by atoms with Crippen molar-refractivity contribution >= 4 is 21.7 Å². The summed E-state index contributed by atoms with van der Waals surface area (Å²) in [5.74, 6) is -0.596. The minimum Gasteiger partial charge on any atom is -0.490 e. The number of carboxylic acids is 1. The number of carbonyl (C=O) groups is 1. The second-order valence-corrected chi connectivity index (χ2v) is 8.57. The summed E-state index contributed by atoms with van der Waals surface area (Å²) in [6.07, 6.45) is -0.135. The van der Waals surface area contributed by atoms with Gasteiger partial charge in [0.25, 0.3) is 10.0 Å². The summed E-state index contributed by atoms with van der Waals surface area (Å²) >= 11 is 0. The van der Waals surface area contributed by atoms with Crippen molar-refractivity contribution < 1.29 is 32.2 Å². The highest BCUT2D eigenvalue weighted by Gasteiger charge is 2.18. The molecule has 0 heterocycles. The average molecular weight is 459 g/mol. The number of halogens is 1. The third-order valence-corrected chi connectivity index (χ3v) is 5.99. The molecule has 0 radical (unpaired) electrons. The van der Waals surface area contributed by atoms with Crippen molar-refractivity contribution in [3.8, 4) is 11.5 Å². The van der Waals surface area contributed by atoms with Gasteiger partial charge in [0.15, 0.2) is 0 Å². The van der Waals surface area contributed by atoms with E-state index < -0.39 is 21.8 Å². The Hall–Kier alpha value is -3.59. The van der Waals surface area contributed by atoms with E-state index >= 15 is 0 Å². The van der Waals surface area contributed by atoms with Crippen molar-refractivity contribution in [3.63, 3.8) is 0 Å². The van der Waals surface area contributed by atoms with Gasteiger partial charge < -0.3 is 14.6 Å². The molecule has 0 aliphatic heterocycles. The minimum absolute atomic E-state index is 0.127. The van der Waals surface area contributed by atoms with Gasteiger partial charge in [-0.15, -0.1) is 0 Å². The zero-order chi connectivity index (χ0) is 23.1. The summed E-state index contributed by atoms with van der Waals surface area (Å²) in [5, 5.41) is 8.96. The molecule has 0 amide bonds. The molecule has 9 heteroatoms. The SMILES string of the molecule is Cc1ccc(F)cc1S(=O)(=O)Nc1ccc(OCCOc2ccccc2CC(=O)O)cc1. The van der Waals surface area contributed by atoms with Crippen molar-refractivity contribution in [1.29, 1.82) is 0 Å². The summed E-state index contributed by atoms with van der Waals surface area (Å²) in [7, 11) is -3.94. The molecule has 0 saturated carbocycles. The first-order valence-electron chi connectivity index (χ1n) is 9.69. The lowest BCUT2D eigenvalue weighted by Crippen LogP contribution is -2.14. The number of aryl methyl sites for hydroxylation is 1. The van der Waals surface area contributed by atoms with Crippen LogP contribution < -0.4 is 14.2 Å². The maximum Gasteiger partial charge on any atom is 0.307 e. The van der Waals surface area contributed by atoms with Crippen LogP contribution >= 0.6 is 0 Å². The average Bonchev–Trinajstić information content (AvgIpc) is 2.74. The highest BCUT2D eigenvalue weighted by atomic mass is 32.2. The molecule has 0 saturated heterocycles. The fourth-order valence-electron chi connectivity index (χ4n) is 2.96. The van der Waals surface area contributed by atoms with Gasteiger partial charge in [-0.25, -0.2) is 12.8 Å². The van der Waals surface area contributed by atoms with Crippen LogP contribution in [0.2, 0.25) is 0 Å². The van der Waals surface area contributed by atoms with Crippen molar-refractivity contribution in [1.82, 2.24) is 0 Å². The first-order valence-corrected chi connectivity index (χ1v) is 11.2. The fraction of sp³-hybridized carbons (Fsp3) is 0.174. The van der Waals surface area contributed by atoms with E-state index in [1.165, 1.54) is 24.3 Å². The van der Waals surface area contributed by atoms with E-state index in [0.717, 1.165) is 6.07 Å². The number of para-hydroxylation sites is 1. The van der Waals surface area contributed by atoms with Gasteiger partial charge in [0.1, 0.15) is 30.5 Å². The minimum atomic E-state index is -3.94. The van der Waals surface area contributed by atoms with Gasteiger partial charge in [-0.3, -0.25) is 9.52 Å². The Bertz CT molecular complexity index is 1200. The van der Waals surface area contributed by atoms with Crippen molar-refractivity contribution in [2.24, 2.45) is 0 Å². The predicted molar refractivity (Wildman–Crippen MR) is 117 cm³/mol. The smallest absolute Gasteiger partial charge is 0.307 e. The first-order chi connectivity index (χ1) is 15.2. The zero-order valence-corrected chi connectivity index (χ0v) is 18.1. The molecular formula is C23H22FNO6S. The molecule has 0 aromatic heterocycles. The van der Waals surface area contributed by atoms with Crippen LogP contribution in [0.25, 0.3) is 0 Å². The van der Waals surface area contributed by atoms with Crippen LogP contribution in [0.1, 0.15) is 11.1 Å². The van der Waals surface area contributed by atoms with Crippen molar-refractivity contribution in [3.05, 3.63) is 83.7 Å². The Morgan fingerprint density at radius 2 is 1.69 bits per heavy atom. The van der Waals surface area contributed by atoms with Gasteiger partial charge in [0, 0.05) is 11.3 Å². The van der Waals surface area contributed by atoms with E-state index in [2.05, 4.69) is 4.72 Å². The number of anilines is 1. The molecule has 3 aromatic carbocycles. The fourth-order valence-corrected chi connectivity index (χ4v) is 4.27. The molecule has 0 spiro atoms. The van der Waals surface area contributed by atoms with Gasteiger partial charge in [-0.2, -0.15) is 0 Å². The molecule has 0 bridgehead atoms. The molecule has 2 N–H and O–H groups in total. The second kappa shape index (κ2) is 10.1.